The molecule has 0 saturated heterocycles. The first kappa shape index (κ1) is 24.4. The third-order valence-electron chi connectivity index (χ3n) is 5.30. The maximum atomic E-state index is 13.5. The fourth-order valence-corrected chi connectivity index (χ4v) is 5.77. The Hall–Kier alpha value is -3.26. The quantitative estimate of drug-likeness (QED) is 0.0989. The zero-order valence-corrected chi connectivity index (χ0v) is 23.3. The molecule has 180 valence electrons. The molecule has 0 aliphatic carbocycles. The van der Waals surface area contributed by atoms with E-state index in [1.54, 1.807) is 37.6 Å². The predicted molar refractivity (Wildman–Crippen MR) is 154 cm³/mol. The summed E-state index contributed by atoms with van der Waals surface area (Å²) in [6, 6.07) is 18.0. The van der Waals surface area contributed by atoms with Crippen molar-refractivity contribution in [2.24, 2.45) is 5.10 Å². The van der Waals surface area contributed by atoms with Crippen LogP contribution in [0, 0.1) is 7.14 Å². The molecule has 0 N–H and O–H groups in total. The molecule has 5 aromatic rings. The lowest BCUT2D eigenvalue weighted by Crippen LogP contribution is -2.20. The number of halogens is 2. The van der Waals surface area contributed by atoms with E-state index in [4.69, 9.17) is 18.9 Å². The summed E-state index contributed by atoms with van der Waals surface area (Å²) in [4.78, 5) is 29.6. The van der Waals surface area contributed by atoms with Crippen molar-refractivity contribution < 1.29 is 18.7 Å². The van der Waals surface area contributed by atoms with E-state index in [2.05, 4.69) is 50.3 Å². The molecule has 8 nitrogen and oxygen atoms in total. The molecule has 3 aromatic carbocycles. The first-order chi connectivity index (χ1) is 17.4. The fourth-order valence-electron chi connectivity index (χ4n) is 3.73. The summed E-state index contributed by atoms with van der Waals surface area (Å²) in [6.45, 7) is 1.36. The molecule has 0 aliphatic rings. The number of hydrogen-bond acceptors (Lipinski definition) is 7. The molecule has 2 aromatic heterocycles. The van der Waals surface area contributed by atoms with E-state index in [1.165, 1.54) is 11.6 Å². The molecule has 0 amide bonds. The molecule has 10 heteroatoms. The van der Waals surface area contributed by atoms with Gasteiger partial charge in [0.15, 0.2) is 11.5 Å². The smallest absolute Gasteiger partial charge is 0.308 e. The minimum Gasteiger partial charge on any atom is -0.496 e. The summed E-state index contributed by atoms with van der Waals surface area (Å²) in [6.07, 6.45) is 1.56. The van der Waals surface area contributed by atoms with E-state index in [1.807, 2.05) is 36.4 Å². The van der Waals surface area contributed by atoms with E-state index in [-0.39, 0.29) is 11.4 Å². The highest BCUT2D eigenvalue weighted by atomic mass is 127. The molecule has 0 bridgehead atoms. The van der Waals surface area contributed by atoms with Crippen LogP contribution in [0.2, 0.25) is 0 Å². The standard InChI is InChI=1S/C26H17I2N3O5/c1-14(32)35-24-18(27)10-15(11-19(24)28)13-29-31-25(30-20-7-4-3-6-16(20)26(31)33)23-12-17-21(34-2)8-5-9-22(17)36-23/h3-13H,1-2H3. The Morgan fingerprint density at radius 3 is 2.53 bits per heavy atom. The zero-order valence-electron chi connectivity index (χ0n) is 19.0. The first-order valence-electron chi connectivity index (χ1n) is 10.7. The highest BCUT2D eigenvalue weighted by molar-refractivity contribution is 14.1. The van der Waals surface area contributed by atoms with Crippen molar-refractivity contribution in [3.63, 3.8) is 0 Å². The number of para-hydroxylation sites is 1. The van der Waals surface area contributed by atoms with E-state index < -0.39 is 5.97 Å². The van der Waals surface area contributed by atoms with Crippen LogP contribution in [0.25, 0.3) is 33.5 Å². The van der Waals surface area contributed by atoms with Crippen molar-refractivity contribution in [2.75, 3.05) is 7.11 Å². The van der Waals surface area contributed by atoms with Crippen LogP contribution in [0.3, 0.4) is 0 Å². The Morgan fingerprint density at radius 2 is 1.81 bits per heavy atom. The molecule has 0 unspecified atom stereocenters. The number of carbonyl (C=O) groups is 1. The molecule has 0 spiro atoms. The third-order valence-corrected chi connectivity index (χ3v) is 6.91. The van der Waals surface area contributed by atoms with Crippen molar-refractivity contribution in [3.8, 4) is 23.1 Å². The number of ether oxygens (including phenoxy) is 2. The Morgan fingerprint density at radius 1 is 1.06 bits per heavy atom. The zero-order chi connectivity index (χ0) is 25.4. The Balaban J connectivity index is 1.68. The third kappa shape index (κ3) is 4.62. The largest absolute Gasteiger partial charge is 0.496 e. The second kappa shape index (κ2) is 10.0. The molecule has 2 heterocycles. The Kier molecular flexibility index (Phi) is 6.79. The van der Waals surface area contributed by atoms with Gasteiger partial charge in [-0.1, -0.05) is 18.2 Å². The van der Waals surface area contributed by atoms with E-state index in [9.17, 15) is 9.59 Å². The van der Waals surface area contributed by atoms with Crippen LogP contribution in [0.1, 0.15) is 12.5 Å². The summed E-state index contributed by atoms with van der Waals surface area (Å²) >= 11 is 4.19. The van der Waals surface area contributed by atoms with Gasteiger partial charge < -0.3 is 13.9 Å². The lowest BCUT2D eigenvalue weighted by atomic mass is 10.2. The van der Waals surface area contributed by atoms with E-state index in [0.29, 0.717) is 33.7 Å². The maximum Gasteiger partial charge on any atom is 0.308 e. The van der Waals surface area contributed by atoms with Crippen LogP contribution in [0.15, 0.2) is 75.0 Å². The maximum absolute atomic E-state index is 13.5. The van der Waals surface area contributed by atoms with Crippen molar-refractivity contribution >= 4 is 79.2 Å². The van der Waals surface area contributed by atoms with Gasteiger partial charge in [-0.15, -0.1) is 0 Å². The van der Waals surface area contributed by atoms with Gasteiger partial charge in [-0.3, -0.25) is 9.59 Å². The Bertz CT molecular complexity index is 1720. The lowest BCUT2D eigenvalue weighted by Gasteiger charge is -2.09. The minimum atomic E-state index is -0.395. The molecule has 0 fully saturated rings. The fraction of sp³-hybridized carbons (Fsp3) is 0.0769. The van der Waals surface area contributed by atoms with Gasteiger partial charge in [0, 0.05) is 6.92 Å². The summed E-state index contributed by atoms with van der Waals surface area (Å²) in [5, 5.41) is 5.69. The second-order valence-electron chi connectivity index (χ2n) is 7.70. The number of carbonyl (C=O) groups excluding carboxylic acids is 1. The number of benzene rings is 3. The van der Waals surface area contributed by atoms with Crippen LogP contribution in [-0.2, 0) is 4.79 Å². The van der Waals surface area contributed by atoms with Gasteiger partial charge in [-0.25, -0.2) is 4.98 Å². The van der Waals surface area contributed by atoms with Crippen LogP contribution in [0.4, 0.5) is 0 Å². The molecule has 0 saturated carbocycles. The van der Waals surface area contributed by atoms with Crippen LogP contribution in [0.5, 0.6) is 11.5 Å². The highest BCUT2D eigenvalue weighted by Crippen LogP contribution is 2.33. The normalized spacial score (nSPS) is 11.4. The number of hydrogen-bond donors (Lipinski definition) is 0. The molecular weight excluding hydrogens is 688 g/mol. The lowest BCUT2D eigenvalue weighted by molar-refractivity contribution is -0.132. The molecule has 0 aliphatic heterocycles. The number of nitrogens with zero attached hydrogens (tertiary/aromatic N) is 3. The monoisotopic (exact) mass is 705 g/mol. The van der Waals surface area contributed by atoms with Gasteiger partial charge in [0.05, 0.1) is 36.8 Å². The van der Waals surface area contributed by atoms with Crippen molar-refractivity contribution in [2.45, 2.75) is 6.92 Å². The van der Waals surface area contributed by atoms with Crippen molar-refractivity contribution in [1.82, 2.24) is 9.66 Å². The summed E-state index contributed by atoms with van der Waals surface area (Å²) < 4.78 is 19.5. The predicted octanol–water partition coefficient (Wildman–Crippen LogP) is 5.84. The molecule has 5 rings (SSSR count). The topological polar surface area (TPSA) is 95.9 Å². The molecule has 36 heavy (non-hydrogen) atoms. The number of aromatic nitrogens is 2. The van der Waals surface area contributed by atoms with E-state index >= 15 is 0 Å². The molecule has 0 atom stereocenters. The average molecular weight is 705 g/mol. The summed E-state index contributed by atoms with van der Waals surface area (Å²) in [5.41, 5.74) is 1.52. The first-order valence-corrected chi connectivity index (χ1v) is 12.8. The second-order valence-corrected chi connectivity index (χ2v) is 10.0. The highest BCUT2D eigenvalue weighted by Gasteiger charge is 2.18. The molecule has 0 radical (unpaired) electrons. The van der Waals surface area contributed by atoms with Crippen LogP contribution in [-0.4, -0.2) is 29.0 Å². The van der Waals surface area contributed by atoms with E-state index in [0.717, 1.165) is 18.1 Å². The van der Waals surface area contributed by atoms with Gasteiger partial charge in [-0.05, 0) is 93.2 Å². The summed E-state index contributed by atoms with van der Waals surface area (Å²) in [5.74, 6) is 1.38. The SMILES string of the molecule is COc1cccc2oc(-c3nc4ccccc4c(=O)n3N=Cc3cc(I)c(OC(C)=O)c(I)c3)cc12. The van der Waals surface area contributed by atoms with Gasteiger partial charge in [0.25, 0.3) is 5.56 Å². The van der Waals surface area contributed by atoms with Gasteiger partial charge in [-0.2, -0.15) is 9.78 Å². The van der Waals surface area contributed by atoms with Crippen molar-refractivity contribution in [1.29, 1.82) is 0 Å². The number of rotatable bonds is 5. The number of esters is 1. The van der Waals surface area contributed by atoms with Gasteiger partial charge in [0.2, 0.25) is 5.82 Å². The number of furan rings is 1. The number of methoxy groups -OCH3 is 1. The average Bonchev–Trinajstić information content (AvgIpc) is 3.30. The molecular formula is C26H17I2N3O5. The van der Waals surface area contributed by atoms with Crippen LogP contribution >= 0.6 is 45.2 Å². The summed E-state index contributed by atoms with van der Waals surface area (Å²) in [7, 11) is 1.59. The van der Waals surface area contributed by atoms with Gasteiger partial charge in [0.1, 0.15) is 11.3 Å². The van der Waals surface area contributed by atoms with Crippen molar-refractivity contribution in [3.05, 3.63) is 83.7 Å². The van der Waals surface area contributed by atoms with Crippen LogP contribution < -0.4 is 15.0 Å². The van der Waals surface area contributed by atoms with Gasteiger partial charge >= 0.3 is 5.97 Å². The minimum absolute atomic E-state index is 0.258. The number of fused-ring (bicyclic) bond motifs is 2. The Labute approximate surface area is 232 Å².